The highest BCUT2D eigenvalue weighted by Gasteiger charge is 2.46. The molecule has 0 spiro atoms. The van der Waals surface area contributed by atoms with E-state index in [1.54, 1.807) is 0 Å². The van der Waals surface area contributed by atoms with E-state index in [2.05, 4.69) is 201 Å². The number of hydrogen-bond acceptors (Lipinski definition) is 1. The van der Waals surface area contributed by atoms with Crippen molar-refractivity contribution >= 4 is 66.5 Å². The SMILES string of the molecule is CC1=C(c2ccccc2)C2c3ccc(-c4c5ccccc5c(-c5ccc6ccccc6c5)c5ccc(-c6ccccc6)cc45)cc3P(=O)(c3ccccc3)c3cccc1c32. The molecule has 2 aliphatic rings. The first-order valence-corrected chi connectivity index (χ1v) is 22.5. The van der Waals surface area contributed by atoms with Gasteiger partial charge in [-0.2, -0.15) is 0 Å². The zero-order valence-electron chi connectivity index (χ0n) is 33.1. The van der Waals surface area contributed by atoms with Crippen LogP contribution in [0.1, 0.15) is 35.1 Å². The van der Waals surface area contributed by atoms with Crippen LogP contribution < -0.4 is 15.9 Å². The Labute approximate surface area is 350 Å². The summed E-state index contributed by atoms with van der Waals surface area (Å²) in [6, 6.07) is 76.4. The van der Waals surface area contributed by atoms with Gasteiger partial charge < -0.3 is 4.57 Å². The van der Waals surface area contributed by atoms with Crippen molar-refractivity contribution in [1.82, 2.24) is 0 Å². The van der Waals surface area contributed by atoms with E-state index in [1.807, 2.05) is 18.2 Å². The van der Waals surface area contributed by atoms with E-state index in [0.29, 0.717) is 0 Å². The molecule has 2 atom stereocenters. The van der Waals surface area contributed by atoms with Gasteiger partial charge in [0.1, 0.15) is 0 Å². The molecule has 1 aliphatic carbocycles. The molecule has 0 radical (unpaired) electrons. The van der Waals surface area contributed by atoms with Crippen LogP contribution in [0.5, 0.6) is 0 Å². The number of hydrogen-bond donors (Lipinski definition) is 0. The van der Waals surface area contributed by atoms with Crippen molar-refractivity contribution in [2.24, 2.45) is 0 Å². The first-order valence-electron chi connectivity index (χ1n) is 20.8. The zero-order chi connectivity index (χ0) is 40.0. The lowest BCUT2D eigenvalue weighted by Gasteiger charge is -2.35. The van der Waals surface area contributed by atoms with E-state index >= 15 is 4.57 Å². The molecule has 0 bridgehead atoms. The third-order valence-corrected chi connectivity index (χ3v) is 16.3. The smallest absolute Gasteiger partial charge is 0.171 e. The lowest BCUT2D eigenvalue weighted by atomic mass is 9.82. The third kappa shape index (κ3) is 5.10. The molecular formula is C58H39OP. The average molecular weight is 783 g/mol. The summed E-state index contributed by atoms with van der Waals surface area (Å²) in [5.74, 6) is -0.0260. The molecule has 2 unspecified atom stereocenters. The molecule has 0 fully saturated rings. The summed E-state index contributed by atoms with van der Waals surface area (Å²) < 4.78 is 16.6. The predicted octanol–water partition coefficient (Wildman–Crippen LogP) is 14.2. The number of rotatable bonds is 5. The van der Waals surface area contributed by atoms with Gasteiger partial charge in [0.15, 0.2) is 7.14 Å². The first-order chi connectivity index (χ1) is 29.6. The van der Waals surface area contributed by atoms with Crippen molar-refractivity contribution in [2.45, 2.75) is 12.8 Å². The van der Waals surface area contributed by atoms with Crippen molar-refractivity contribution < 1.29 is 4.57 Å². The molecule has 0 N–H and O–H groups in total. The van der Waals surface area contributed by atoms with Gasteiger partial charge in [-0.15, -0.1) is 0 Å². The summed E-state index contributed by atoms with van der Waals surface area (Å²) in [4.78, 5) is 0. The molecule has 2 heteroatoms. The van der Waals surface area contributed by atoms with Gasteiger partial charge in [0.2, 0.25) is 0 Å². The van der Waals surface area contributed by atoms with E-state index in [9.17, 15) is 0 Å². The van der Waals surface area contributed by atoms with Crippen LogP contribution in [-0.4, -0.2) is 0 Å². The topological polar surface area (TPSA) is 17.1 Å². The third-order valence-electron chi connectivity index (χ3n) is 13.2. The van der Waals surface area contributed by atoms with Crippen molar-refractivity contribution in [3.8, 4) is 33.4 Å². The summed E-state index contributed by atoms with van der Waals surface area (Å²) in [6.07, 6.45) is 0. The molecule has 12 rings (SSSR count). The lowest BCUT2D eigenvalue weighted by Crippen LogP contribution is -2.36. The Morgan fingerprint density at radius 2 is 0.983 bits per heavy atom. The van der Waals surface area contributed by atoms with Crippen LogP contribution in [0.4, 0.5) is 0 Å². The highest BCUT2D eigenvalue weighted by Crippen LogP contribution is 2.59. The van der Waals surface area contributed by atoms with Crippen LogP contribution >= 0.6 is 7.14 Å². The molecule has 10 aromatic rings. The molecule has 1 nitrogen and oxygen atoms in total. The summed E-state index contributed by atoms with van der Waals surface area (Å²) in [5, 5.41) is 9.94. The lowest BCUT2D eigenvalue weighted by molar-refractivity contribution is 0.591. The van der Waals surface area contributed by atoms with Crippen molar-refractivity contribution in [2.75, 3.05) is 0 Å². The number of fused-ring (bicyclic) bond motifs is 5. The maximum absolute atomic E-state index is 16.6. The monoisotopic (exact) mass is 782 g/mol. The average Bonchev–Trinajstić information content (AvgIpc) is 3.62. The van der Waals surface area contributed by atoms with Crippen LogP contribution in [0.25, 0.3) is 76.8 Å². The van der Waals surface area contributed by atoms with E-state index in [4.69, 9.17) is 0 Å². The van der Waals surface area contributed by atoms with Gasteiger partial charge in [-0.25, -0.2) is 0 Å². The zero-order valence-corrected chi connectivity index (χ0v) is 34.0. The van der Waals surface area contributed by atoms with Gasteiger partial charge in [-0.1, -0.05) is 194 Å². The van der Waals surface area contributed by atoms with E-state index in [0.717, 1.165) is 38.2 Å². The van der Waals surface area contributed by atoms with Crippen molar-refractivity contribution in [3.05, 3.63) is 235 Å². The van der Waals surface area contributed by atoms with E-state index < -0.39 is 7.14 Å². The van der Waals surface area contributed by atoms with Gasteiger partial charge in [-0.3, -0.25) is 0 Å². The summed E-state index contributed by atoms with van der Waals surface area (Å²) in [7, 11) is -3.35. The van der Waals surface area contributed by atoms with Gasteiger partial charge in [-0.05, 0) is 124 Å². The number of benzene rings is 10. The fraction of sp³-hybridized carbons (Fsp3) is 0.0345. The quantitative estimate of drug-likeness (QED) is 0.126. The fourth-order valence-corrected chi connectivity index (χ4v) is 13.7. The molecule has 0 aromatic heterocycles. The second-order valence-electron chi connectivity index (χ2n) is 16.3. The van der Waals surface area contributed by atoms with Crippen LogP contribution in [0.2, 0.25) is 0 Å². The highest BCUT2D eigenvalue weighted by atomic mass is 31.2. The molecule has 10 aromatic carbocycles. The molecular weight excluding hydrogens is 744 g/mol. The molecule has 0 saturated heterocycles. The van der Waals surface area contributed by atoms with Crippen molar-refractivity contribution in [1.29, 1.82) is 0 Å². The van der Waals surface area contributed by atoms with Gasteiger partial charge in [0, 0.05) is 21.8 Å². The maximum Gasteiger partial charge on any atom is 0.171 e. The highest BCUT2D eigenvalue weighted by molar-refractivity contribution is 7.85. The molecule has 1 heterocycles. The molecule has 0 saturated carbocycles. The Hall–Kier alpha value is -7.05. The van der Waals surface area contributed by atoms with Crippen molar-refractivity contribution in [3.63, 3.8) is 0 Å². The Balaban J connectivity index is 1.18. The minimum atomic E-state index is -3.35. The van der Waals surface area contributed by atoms with Gasteiger partial charge in [0.05, 0.1) is 0 Å². The summed E-state index contributed by atoms with van der Waals surface area (Å²) in [5.41, 5.74) is 14.3. The largest absolute Gasteiger partial charge is 0.309 e. The normalized spacial score (nSPS) is 16.6. The fourth-order valence-electron chi connectivity index (χ4n) is 10.5. The summed E-state index contributed by atoms with van der Waals surface area (Å²) >= 11 is 0. The van der Waals surface area contributed by atoms with Gasteiger partial charge in [0.25, 0.3) is 0 Å². The predicted molar refractivity (Wildman–Crippen MR) is 255 cm³/mol. The minimum absolute atomic E-state index is 0.0260. The Morgan fingerprint density at radius 3 is 1.73 bits per heavy atom. The molecule has 60 heavy (non-hydrogen) atoms. The first kappa shape index (κ1) is 34.9. The number of allylic oxidation sites excluding steroid dienone is 2. The standard InChI is InChI=1S/C58H39OP/c1-37-46-26-15-27-52-57(46)58(54(37)40-19-7-3-8-20-40)50-33-31-44(36-53(50)60(52,59)45-22-9-4-10-23-45)56-48-25-14-13-24-47(48)55(43-29-28-39-18-11-12-21-41(39)34-43)49-32-30-42(35-51(49)56)38-16-5-2-6-17-38/h2-36,58H,1H3. The maximum atomic E-state index is 16.6. The second-order valence-corrected chi connectivity index (χ2v) is 19.0. The van der Waals surface area contributed by atoms with Gasteiger partial charge >= 0.3 is 0 Å². The summed E-state index contributed by atoms with van der Waals surface area (Å²) in [6.45, 7) is 2.25. The van der Waals surface area contributed by atoms with Crippen LogP contribution in [0.15, 0.2) is 212 Å². The van der Waals surface area contributed by atoms with Crippen LogP contribution in [0.3, 0.4) is 0 Å². The Kier molecular flexibility index (Phi) is 7.86. The minimum Gasteiger partial charge on any atom is -0.309 e. The van der Waals surface area contributed by atoms with Crippen LogP contribution in [0, 0.1) is 0 Å². The Bertz CT molecular complexity index is 3450. The van der Waals surface area contributed by atoms with E-state index in [1.165, 1.54) is 76.8 Å². The molecule has 282 valence electrons. The van der Waals surface area contributed by atoms with E-state index in [-0.39, 0.29) is 5.92 Å². The molecule has 0 amide bonds. The second kappa shape index (κ2) is 13.5. The molecule has 1 aliphatic heterocycles. The Morgan fingerprint density at radius 1 is 0.400 bits per heavy atom. The van der Waals surface area contributed by atoms with Crippen LogP contribution in [-0.2, 0) is 4.57 Å².